The number of nitrogens with zero attached hydrogens (tertiary/aromatic N) is 3. The van der Waals surface area contributed by atoms with Gasteiger partial charge >= 0.3 is 0 Å². The third-order valence-electron chi connectivity index (χ3n) is 3.67. The molecule has 1 amide bonds. The summed E-state index contributed by atoms with van der Waals surface area (Å²) in [6.07, 6.45) is 1.46. The van der Waals surface area contributed by atoms with Gasteiger partial charge in [0.05, 0.1) is 23.3 Å². The number of benzene rings is 1. The molecular formula is C18H16N4O3S. The van der Waals surface area contributed by atoms with Crippen LogP contribution in [0.25, 0.3) is 15.3 Å². The van der Waals surface area contributed by atoms with Crippen LogP contribution in [0, 0.1) is 6.92 Å². The van der Waals surface area contributed by atoms with Crippen molar-refractivity contribution in [2.24, 2.45) is 0 Å². The third kappa shape index (κ3) is 2.95. The first-order valence-corrected chi connectivity index (χ1v) is 8.91. The first kappa shape index (κ1) is 16.3. The number of nitrogens with one attached hydrogen (secondary N) is 1. The summed E-state index contributed by atoms with van der Waals surface area (Å²) in [5.41, 5.74) is 1.55. The standard InChI is InChI=1S/C18H16N4O3S/c1-3-24-12-6-4-8-14-16(12)20-18(26-14)22-15(10-11(2)21-22)19-17(23)13-7-5-9-25-13/h4-10H,3H2,1-2H3,(H,19,23). The van der Waals surface area contributed by atoms with E-state index in [4.69, 9.17) is 9.15 Å². The van der Waals surface area contributed by atoms with E-state index in [1.165, 1.54) is 17.6 Å². The average molecular weight is 368 g/mol. The van der Waals surface area contributed by atoms with Gasteiger partial charge in [0.2, 0.25) is 5.13 Å². The Hall–Kier alpha value is -3.13. The quantitative estimate of drug-likeness (QED) is 0.575. The van der Waals surface area contributed by atoms with Crippen molar-refractivity contribution in [3.8, 4) is 10.9 Å². The van der Waals surface area contributed by atoms with Crippen LogP contribution in [-0.2, 0) is 0 Å². The zero-order valence-electron chi connectivity index (χ0n) is 14.2. The second-order valence-corrected chi connectivity index (χ2v) is 6.56. The van der Waals surface area contributed by atoms with Gasteiger partial charge < -0.3 is 14.5 Å². The molecule has 1 N–H and O–H groups in total. The molecule has 7 nitrogen and oxygen atoms in total. The van der Waals surface area contributed by atoms with Crippen LogP contribution >= 0.6 is 11.3 Å². The fourth-order valence-electron chi connectivity index (χ4n) is 2.59. The van der Waals surface area contributed by atoms with E-state index < -0.39 is 0 Å². The number of rotatable bonds is 5. The predicted molar refractivity (Wildman–Crippen MR) is 99.3 cm³/mol. The summed E-state index contributed by atoms with van der Waals surface area (Å²) < 4.78 is 13.4. The van der Waals surface area contributed by atoms with E-state index in [2.05, 4.69) is 15.4 Å². The van der Waals surface area contributed by atoms with Crippen molar-refractivity contribution in [3.05, 3.63) is 54.1 Å². The third-order valence-corrected chi connectivity index (χ3v) is 4.67. The highest BCUT2D eigenvalue weighted by molar-refractivity contribution is 7.20. The number of furan rings is 1. The lowest BCUT2D eigenvalue weighted by atomic mass is 10.3. The normalized spacial score (nSPS) is 11.0. The van der Waals surface area contributed by atoms with Gasteiger partial charge in [-0.1, -0.05) is 17.4 Å². The van der Waals surface area contributed by atoms with Gasteiger partial charge in [0.15, 0.2) is 5.76 Å². The minimum Gasteiger partial charge on any atom is -0.492 e. The summed E-state index contributed by atoms with van der Waals surface area (Å²) in [5.74, 6) is 1.16. The smallest absolute Gasteiger partial charge is 0.292 e. The topological polar surface area (TPSA) is 82.2 Å². The molecule has 0 atom stereocenters. The van der Waals surface area contributed by atoms with Gasteiger partial charge in [0.1, 0.15) is 17.1 Å². The van der Waals surface area contributed by atoms with Gasteiger partial charge in [-0.05, 0) is 38.1 Å². The molecule has 0 radical (unpaired) electrons. The summed E-state index contributed by atoms with van der Waals surface area (Å²) in [6.45, 7) is 4.36. The molecule has 1 aromatic carbocycles. The summed E-state index contributed by atoms with van der Waals surface area (Å²) in [7, 11) is 0. The highest BCUT2D eigenvalue weighted by Crippen LogP contribution is 2.32. The number of fused-ring (bicyclic) bond motifs is 1. The number of ether oxygens (including phenoxy) is 1. The Labute approximate surface area is 153 Å². The maximum absolute atomic E-state index is 12.3. The number of anilines is 1. The van der Waals surface area contributed by atoms with Gasteiger partial charge in [-0.15, -0.1) is 0 Å². The fourth-order valence-corrected chi connectivity index (χ4v) is 3.54. The van der Waals surface area contributed by atoms with Crippen molar-refractivity contribution in [3.63, 3.8) is 0 Å². The number of amides is 1. The van der Waals surface area contributed by atoms with E-state index in [9.17, 15) is 4.79 Å². The fraction of sp³-hybridized carbons (Fsp3) is 0.167. The van der Waals surface area contributed by atoms with E-state index in [1.807, 2.05) is 32.0 Å². The predicted octanol–water partition coefficient (Wildman–Crippen LogP) is 4.03. The Kier molecular flexibility index (Phi) is 4.18. The minimum atomic E-state index is -0.340. The van der Waals surface area contributed by atoms with E-state index in [-0.39, 0.29) is 11.7 Å². The van der Waals surface area contributed by atoms with Crippen molar-refractivity contribution in [1.29, 1.82) is 0 Å². The number of hydrogen-bond acceptors (Lipinski definition) is 6. The SMILES string of the molecule is CCOc1cccc2sc(-n3nc(C)cc3NC(=O)c3ccco3)nc12. The van der Waals surface area contributed by atoms with E-state index in [0.29, 0.717) is 17.6 Å². The largest absolute Gasteiger partial charge is 0.492 e. The molecule has 0 aliphatic carbocycles. The zero-order chi connectivity index (χ0) is 18.1. The van der Waals surface area contributed by atoms with Crippen molar-refractivity contribution in [2.45, 2.75) is 13.8 Å². The Balaban J connectivity index is 1.73. The summed E-state index contributed by atoms with van der Waals surface area (Å²) >= 11 is 1.48. The molecule has 0 aliphatic rings. The van der Waals surface area contributed by atoms with Gasteiger partial charge in [-0.3, -0.25) is 4.79 Å². The van der Waals surface area contributed by atoms with Crippen molar-refractivity contribution in [1.82, 2.24) is 14.8 Å². The first-order valence-electron chi connectivity index (χ1n) is 8.10. The molecule has 3 aromatic heterocycles. The number of aromatic nitrogens is 3. The molecule has 0 aliphatic heterocycles. The summed E-state index contributed by atoms with van der Waals surface area (Å²) in [4.78, 5) is 17.0. The van der Waals surface area contributed by atoms with Crippen molar-refractivity contribution < 1.29 is 13.9 Å². The number of thiazole rings is 1. The molecule has 132 valence electrons. The number of hydrogen-bond donors (Lipinski definition) is 1. The van der Waals surface area contributed by atoms with Crippen LogP contribution < -0.4 is 10.1 Å². The van der Waals surface area contributed by atoms with Gasteiger partial charge in [0, 0.05) is 6.07 Å². The molecule has 0 fully saturated rings. The molecule has 0 bridgehead atoms. The Morgan fingerprint density at radius 3 is 3.00 bits per heavy atom. The van der Waals surface area contributed by atoms with Crippen LogP contribution in [-0.4, -0.2) is 27.3 Å². The van der Waals surface area contributed by atoms with Crippen molar-refractivity contribution in [2.75, 3.05) is 11.9 Å². The number of para-hydroxylation sites is 1. The Morgan fingerprint density at radius 1 is 1.35 bits per heavy atom. The van der Waals surface area contributed by atoms with Crippen LogP contribution in [0.15, 0.2) is 47.1 Å². The van der Waals surface area contributed by atoms with E-state index in [1.54, 1.807) is 22.9 Å². The molecular weight excluding hydrogens is 352 g/mol. The highest BCUT2D eigenvalue weighted by Gasteiger charge is 2.17. The first-order chi connectivity index (χ1) is 12.7. The monoisotopic (exact) mass is 368 g/mol. The molecule has 0 saturated carbocycles. The van der Waals surface area contributed by atoms with Gasteiger partial charge in [0.25, 0.3) is 5.91 Å². The molecule has 0 unspecified atom stereocenters. The van der Waals surface area contributed by atoms with E-state index in [0.717, 1.165) is 21.7 Å². The average Bonchev–Trinajstić information content (AvgIpc) is 3.34. The maximum Gasteiger partial charge on any atom is 0.292 e. The second-order valence-electron chi connectivity index (χ2n) is 5.55. The molecule has 0 saturated heterocycles. The molecule has 26 heavy (non-hydrogen) atoms. The maximum atomic E-state index is 12.3. The van der Waals surface area contributed by atoms with Crippen molar-refractivity contribution >= 4 is 33.3 Å². The van der Waals surface area contributed by atoms with Gasteiger partial charge in [-0.25, -0.2) is 4.98 Å². The molecule has 8 heteroatoms. The summed E-state index contributed by atoms with van der Waals surface area (Å²) in [5, 5.41) is 7.93. The Bertz CT molecular complexity index is 1070. The molecule has 0 spiro atoms. The number of carbonyl (C=O) groups is 1. The molecule has 3 heterocycles. The van der Waals surface area contributed by atoms with Gasteiger partial charge in [-0.2, -0.15) is 9.78 Å². The Morgan fingerprint density at radius 2 is 2.23 bits per heavy atom. The number of aryl methyl sites for hydroxylation is 1. The van der Waals surface area contributed by atoms with Crippen LogP contribution in [0.5, 0.6) is 5.75 Å². The zero-order valence-corrected chi connectivity index (χ0v) is 15.0. The lowest BCUT2D eigenvalue weighted by Crippen LogP contribution is -2.14. The minimum absolute atomic E-state index is 0.235. The van der Waals surface area contributed by atoms with Crippen LogP contribution in [0.3, 0.4) is 0 Å². The second kappa shape index (κ2) is 6.64. The highest BCUT2D eigenvalue weighted by atomic mass is 32.1. The van der Waals surface area contributed by atoms with Crippen LogP contribution in [0.2, 0.25) is 0 Å². The molecule has 4 aromatic rings. The lowest BCUT2D eigenvalue weighted by molar-refractivity contribution is 0.0996. The summed E-state index contributed by atoms with van der Waals surface area (Å²) in [6, 6.07) is 10.9. The van der Waals surface area contributed by atoms with Crippen LogP contribution in [0.1, 0.15) is 23.2 Å². The van der Waals surface area contributed by atoms with Crippen LogP contribution in [0.4, 0.5) is 5.82 Å². The number of carbonyl (C=O) groups excluding carboxylic acids is 1. The molecule has 4 rings (SSSR count). The van der Waals surface area contributed by atoms with E-state index >= 15 is 0 Å². The lowest BCUT2D eigenvalue weighted by Gasteiger charge is -2.04.